The maximum absolute atomic E-state index is 12.1. The fraction of sp³-hybridized carbons (Fsp3) is 0.300. The number of urea groups is 1. The van der Waals surface area contributed by atoms with Gasteiger partial charge in [0.2, 0.25) is 0 Å². The predicted molar refractivity (Wildman–Crippen MR) is 103 cm³/mol. The Bertz CT molecular complexity index is 901. The van der Waals surface area contributed by atoms with Crippen LogP contribution < -0.4 is 29.7 Å². The molecule has 1 unspecified atom stereocenters. The molecule has 3 amide bonds. The number of likely N-dealkylation sites (N-methyl/N-ethyl adjacent to an activating group) is 1. The van der Waals surface area contributed by atoms with E-state index >= 15 is 0 Å². The molecule has 0 bridgehead atoms. The van der Waals surface area contributed by atoms with Gasteiger partial charge in [-0.15, -0.1) is 0 Å². The molecule has 28 heavy (non-hydrogen) atoms. The molecule has 0 radical (unpaired) electrons. The summed E-state index contributed by atoms with van der Waals surface area (Å²) in [5.74, 6) is 1.92. The lowest BCUT2D eigenvalue weighted by Crippen LogP contribution is -2.36. The van der Waals surface area contributed by atoms with E-state index in [9.17, 15) is 9.59 Å². The summed E-state index contributed by atoms with van der Waals surface area (Å²) in [5, 5.41) is 5.57. The topological polar surface area (TPSA) is 89.1 Å². The van der Waals surface area contributed by atoms with Crippen LogP contribution in [0.5, 0.6) is 17.2 Å². The zero-order valence-corrected chi connectivity index (χ0v) is 15.4. The van der Waals surface area contributed by atoms with Crippen molar-refractivity contribution >= 4 is 23.3 Å². The van der Waals surface area contributed by atoms with Crippen molar-refractivity contribution in [3.05, 3.63) is 42.5 Å². The van der Waals surface area contributed by atoms with Gasteiger partial charge < -0.3 is 29.7 Å². The van der Waals surface area contributed by atoms with Crippen LogP contribution in [0.1, 0.15) is 6.42 Å². The Balaban J connectivity index is 1.26. The molecule has 8 nitrogen and oxygen atoms in total. The third-order valence-corrected chi connectivity index (χ3v) is 4.62. The summed E-state index contributed by atoms with van der Waals surface area (Å²) < 4.78 is 17.0. The zero-order valence-electron chi connectivity index (χ0n) is 15.4. The molecule has 0 fully saturated rings. The lowest BCUT2D eigenvalue weighted by atomic mass is 10.2. The van der Waals surface area contributed by atoms with Crippen LogP contribution in [-0.2, 0) is 4.79 Å². The number of carbonyl (C=O) groups is 2. The van der Waals surface area contributed by atoms with Gasteiger partial charge in [0.15, 0.2) is 18.1 Å². The average Bonchev–Trinajstić information content (AvgIpc) is 2.71. The number of hydrogen-bond acceptors (Lipinski definition) is 5. The van der Waals surface area contributed by atoms with Crippen LogP contribution in [-0.4, -0.2) is 44.8 Å². The van der Waals surface area contributed by atoms with Crippen molar-refractivity contribution in [1.82, 2.24) is 5.32 Å². The lowest BCUT2D eigenvalue weighted by molar-refractivity contribution is -0.120. The van der Waals surface area contributed by atoms with Gasteiger partial charge in [0.05, 0.1) is 5.69 Å². The average molecular weight is 383 g/mol. The molecule has 2 N–H and O–H groups in total. The van der Waals surface area contributed by atoms with Gasteiger partial charge in [-0.2, -0.15) is 0 Å². The van der Waals surface area contributed by atoms with Gasteiger partial charge in [-0.1, -0.05) is 12.1 Å². The Morgan fingerprint density at radius 2 is 1.96 bits per heavy atom. The quantitative estimate of drug-likeness (QED) is 0.846. The molecule has 8 heteroatoms. The summed E-state index contributed by atoms with van der Waals surface area (Å²) in [6, 6.07) is 12.4. The van der Waals surface area contributed by atoms with E-state index < -0.39 is 0 Å². The molecule has 2 aliphatic rings. The number of rotatable bonds is 4. The maximum atomic E-state index is 12.1. The second-order valence-corrected chi connectivity index (χ2v) is 6.59. The lowest BCUT2D eigenvalue weighted by Gasteiger charge is -2.26. The van der Waals surface area contributed by atoms with Gasteiger partial charge in [-0.3, -0.25) is 4.79 Å². The van der Waals surface area contributed by atoms with E-state index in [0.29, 0.717) is 36.7 Å². The molecule has 0 aliphatic carbocycles. The number of benzene rings is 2. The first-order valence-corrected chi connectivity index (χ1v) is 9.07. The summed E-state index contributed by atoms with van der Waals surface area (Å²) in [6.07, 6.45) is 0.516. The van der Waals surface area contributed by atoms with Crippen molar-refractivity contribution in [1.29, 1.82) is 0 Å². The van der Waals surface area contributed by atoms with E-state index in [2.05, 4.69) is 10.6 Å². The molecule has 1 atom stereocenters. The molecular weight excluding hydrogens is 362 g/mol. The van der Waals surface area contributed by atoms with Crippen LogP contribution >= 0.6 is 0 Å². The number of nitrogens with zero attached hydrogens (tertiary/aromatic N) is 1. The second-order valence-electron chi connectivity index (χ2n) is 6.59. The largest absolute Gasteiger partial charge is 0.486 e. The van der Waals surface area contributed by atoms with E-state index in [1.54, 1.807) is 25.2 Å². The predicted octanol–water partition coefficient (Wildman–Crippen LogP) is 2.39. The fourth-order valence-electron chi connectivity index (χ4n) is 3.08. The Kier molecular flexibility index (Phi) is 4.92. The molecule has 2 aromatic carbocycles. The first-order valence-electron chi connectivity index (χ1n) is 9.07. The highest BCUT2D eigenvalue weighted by Gasteiger charge is 2.23. The van der Waals surface area contributed by atoms with Gasteiger partial charge >= 0.3 is 6.03 Å². The summed E-state index contributed by atoms with van der Waals surface area (Å²) in [4.78, 5) is 25.3. The summed E-state index contributed by atoms with van der Waals surface area (Å²) in [7, 11) is 1.69. The van der Waals surface area contributed by atoms with Gasteiger partial charge in [0.1, 0.15) is 18.5 Å². The first kappa shape index (κ1) is 18.0. The highest BCUT2D eigenvalue weighted by molar-refractivity contribution is 5.98. The third kappa shape index (κ3) is 3.80. The van der Waals surface area contributed by atoms with E-state index in [-0.39, 0.29) is 24.6 Å². The van der Waals surface area contributed by atoms with E-state index in [1.807, 2.05) is 24.3 Å². The maximum Gasteiger partial charge on any atom is 0.319 e. The van der Waals surface area contributed by atoms with Crippen molar-refractivity contribution in [2.75, 3.05) is 37.0 Å². The molecular formula is C20H21N3O5. The van der Waals surface area contributed by atoms with Crippen LogP contribution in [0.3, 0.4) is 0 Å². The zero-order chi connectivity index (χ0) is 19.5. The van der Waals surface area contributed by atoms with Gasteiger partial charge in [-0.25, -0.2) is 4.79 Å². The van der Waals surface area contributed by atoms with Crippen molar-refractivity contribution < 1.29 is 23.8 Å². The van der Waals surface area contributed by atoms with Crippen LogP contribution in [0.15, 0.2) is 42.5 Å². The van der Waals surface area contributed by atoms with E-state index in [0.717, 1.165) is 11.5 Å². The number of hydrogen-bond donors (Lipinski definition) is 2. The normalized spacial score (nSPS) is 17.4. The molecule has 0 saturated heterocycles. The summed E-state index contributed by atoms with van der Waals surface area (Å²) in [6.45, 7) is 0.890. The second kappa shape index (κ2) is 7.67. The van der Waals surface area contributed by atoms with Crippen LogP contribution in [0.25, 0.3) is 0 Å². The minimum absolute atomic E-state index is 0.00820. The minimum atomic E-state index is -0.322. The number of ether oxygens (including phenoxy) is 3. The Labute approximate surface area is 162 Å². The standard InChI is InChI=1S/C20H21N3O5/c1-23-15-7-6-13(10-18(15)27-12-19(23)24)22-20(25)21-9-8-14-11-26-16-4-2-3-5-17(16)28-14/h2-7,10,14H,8-9,11-12H2,1H3,(H2,21,22,25). The van der Waals surface area contributed by atoms with Crippen LogP contribution in [0.4, 0.5) is 16.2 Å². The molecule has 146 valence electrons. The number of carbonyl (C=O) groups excluding carboxylic acids is 2. The van der Waals surface area contributed by atoms with Crippen molar-refractivity contribution in [2.24, 2.45) is 0 Å². The molecule has 2 heterocycles. The van der Waals surface area contributed by atoms with Gasteiger partial charge in [0, 0.05) is 31.8 Å². The monoisotopic (exact) mass is 383 g/mol. The highest BCUT2D eigenvalue weighted by Crippen LogP contribution is 2.33. The number of para-hydroxylation sites is 2. The molecule has 0 aromatic heterocycles. The highest BCUT2D eigenvalue weighted by atomic mass is 16.6. The SMILES string of the molecule is CN1C(=O)COc2cc(NC(=O)NCCC3COc4ccccc4O3)ccc21. The Hall–Kier alpha value is -3.42. The fourth-order valence-corrected chi connectivity index (χ4v) is 3.08. The molecule has 0 spiro atoms. The number of anilines is 2. The van der Waals surface area contributed by atoms with Crippen LogP contribution in [0, 0.1) is 0 Å². The van der Waals surface area contributed by atoms with Gasteiger partial charge in [0.25, 0.3) is 5.91 Å². The van der Waals surface area contributed by atoms with Crippen molar-refractivity contribution in [3.8, 4) is 17.2 Å². The molecule has 4 rings (SSSR count). The Morgan fingerprint density at radius 3 is 2.82 bits per heavy atom. The van der Waals surface area contributed by atoms with E-state index in [1.165, 1.54) is 4.90 Å². The van der Waals surface area contributed by atoms with E-state index in [4.69, 9.17) is 14.2 Å². The van der Waals surface area contributed by atoms with Gasteiger partial charge in [-0.05, 0) is 24.3 Å². The molecule has 0 saturated carbocycles. The Morgan fingerprint density at radius 1 is 1.14 bits per heavy atom. The number of amides is 3. The number of fused-ring (bicyclic) bond motifs is 2. The van der Waals surface area contributed by atoms with Crippen molar-refractivity contribution in [3.63, 3.8) is 0 Å². The third-order valence-electron chi connectivity index (χ3n) is 4.62. The first-order chi connectivity index (χ1) is 13.6. The minimum Gasteiger partial charge on any atom is -0.486 e. The molecule has 2 aromatic rings. The smallest absolute Gasteiger partial charge is 0.319 e. The number of nitrogens with one attached hydrogen (secondary N) is 2. The molecule has 2 aliphatic heterocycles. The summed E-state index contributed by atoms with van der Waals surface area (Å²) in [5.41, 5.74) is 1.27. The summed E-state index contributed by atoms with van der Waals surface area (Å²) >= 11 is 0. The van der Waals surface area contributed by atoms with Crippen molar-refractivity contribution in [2.45, 2.75) is 12.5 Å². The van der Waals surface area contributed by atoms with Crippen LogP contribution in [0.2, 0.25) is 0 Å².